The van der Waals surface area contributed by atoms with Crippen LogP contribution < -0.4 is 0 Å². The minimum absolute atomic E-state index is 0.509. The van der Waals surface area contributed by atoms with Gasteiger partial charge < -0.3 is 4.57 Å². The molecule has 0 bridgehead atoms. The zero-order chi connectivity index (χ0) is 14.6. The summed E-state index contributed by atoms with van der Waals surface area (Å²) in [5.74, 6) is 2.92. The van der Waals surface area contributed by atoms with Crippen LogP contribution in [0.4, 0.5) is 0 Å². The van der Waals surface area contributed by atoms with Crippen molar-refractivity contribution < 1.29 is 0 Å². The van der Waals surface area contributed by atoms with Crippen molar-refractivity contribution in [2.75, 3.05) is 13.1 Å². The van der Waals surface area contributed by atoms with E-state index in [1.807, 2.05) is 0 Å². The van der Waals surface area contributed by atoms with E-state index in [2.05, 4.69) is 56.4 Å². The van der Waals surface area contributed by atoms with Gasteiger partial charge in [0.05, 0.1) is 18.3 Å². The minimum atomic E-state index is 0.509. The number of nitrogens with zero attached hydrogens (tertiary/aromatic N) is 6. The van der Waals surface area contributed by atoms with Crippen LogP contribution in [0.25, 0.3) is 0 Å². The second kappa shape index (κ2) is 4.66. The molecule has 0 spiro atoms. The van der Waals surface area contributed by atoms with E-state index >= 15 is 0 Å². The summed E-state index contributed by atoms with van der Waals surface area (Å²) in [4.78, 5) is 2.42. The zero-order valence-corrected chi connectivity index (χ0v) is 13.0. The van der Waals surface area contributed by atoms with Crippen LogP contribution >= 0.6 is 0 Å². The summed E-state index contributed by atoms with van der Waals surface area (Å²) in [5.41, 5.74) is 2.36. The highest BCUT2D eigenvalue weighted by molar-refractivity contribution is 5.10. The van der Waals surface area contributed by atoms with Gasteiger partial charge in [0, 0.05) is 31.7 Å². The predicted molar refractivity (Wildman–Crippen MR) is 79.0 cm³/mol. The fraction of sp³-hybridized carbons (Fsp3) is 0.667. The fourth-order valence-corrected chi connectivity index (χ4v) is 3.25. The fourth-order valence-electron chi connectivity index (χ4n) is 3.25. The standard InChI is InChI=1S/C15H22N6/c1-10-6-11(2)21(18-10)13-7-20(8-13)9-14-16-17-15(19(14)3)12-4-5-12/h6,12-13H,4-5,7-9H2,1-3H3. The monoisotopic (exact) mass is 286 g/mol. The number of hydrogen-bond donors (Lipinski definition) is 0. The Morgan fingerprint density at radius 2 is 1.95 bits per heavy atom. The molecule has 2 aliphatic rings. The first-order valence-electron chi connectivity index (χ1n) is 7.75. The van der Waals surface area contributed by atoms with Crippen LogP contribution in [-0.2, 0) is 13.6 Å². The predicted octanol–water partition coefficient (Wildman–Crippen LogP) is 1.56. The van der Waals surface area contributed by atoms with Crippen LogP contribution in [0.3, 0.4) is 0 Å². The topological polar surface area (TPSA) is 51.8 Å². The van der Waals surface area contributed by atoms with Gasteiger partial charge in [0.15, 0.2) is 0 Å². The highest BCUT2D eigenvalue weighted by Gasteiger charge is 2.32. The molecule has 0 radical (unpaired) electrons. The molecule has 1 saturated carbocycles. The van der Waals surface area contributed by atoms with Gasteiger partial charge >= 0.3 is 0 Å². The van der Waals surface area contributed by atoms with Crippen LogP contribution in [-0.4, -0.2) is 42.5 Å². The average Bonchev–Trinajstić information content (AvgIpc) is 3.09. The first-order valence-corrected chi connectivity index (χ1v) is 7.75. The second-order valence-corrected chi connectivity index (χ2v) is 6.53. The van der Waals surface area contributed by atoms with Crippen molar-refractivity contribution >= 4 is 0 Å². The summed E-state index contributed by atoms with van der Waals surface area (Å²) in [7, 11) is 2.10. The Bertz CT molecular complexity index is 660. The summed E-state index contributed by atoms with van der Waals surface area (Å²) in [6, 6.07) is 2.66. The summed E-state index contributed by atoms with van der Waals surface area (Å²) in [6.07, 6.45) is 2.55. The second-order valence-electron chi connectivity index (χ2n) is 6.53. The summed E-state index contributed by atoms with van der Waals surface area (Å²) in [6.45, 7) is 7.18. The van der Waals surface area contributed by atoms with Crippen molar-refractivity contribution in [2.24, 2.45) is 7.05 Å². The Balaban J connectivity index is 1.39. The van der Waals surface area contributed by atoms with Crippen LogP contribution in [0.1, 0.15) is 47.8 Å². The number of hydrogen-bond acceptors (Lipinski definition) is 4. The lowest BCUT2D eigenvalue weighted by molar-refractivity contribution is 0.0855. The molecule has 0 atom stereocenters. The van der Waals surface area contributed by atoms with Gasteiger partial charge in [-0.25, -0.2) is 0 Å². The van der Waals surface area contributed by atoms with Crippen molar-refractivity contribution in [1.82, 2.24) is 29.4 Å². The van der Waals surface area contributed by atoms with Crippen LogP contribution in [0, 0.1) is 13.8 Å². The quantitative estimate of drug-likeness (QED) is 0.856. The molecule has 2 aromatic rings. The third kappa shape index (κ3) is 2.27. The molecule has 2 fully saturated rings. The number of rotatable bonds is 4. The highest BCUT2D eigenvalue weighted by atomic mass is 15.4. The zero-order valence-electron chi connectivity index (χ0n) is 13.0. The molecule has 21 heavy (non-hydrogen) atoms. The van der Waals surface area contributed by atoms with Gasteiger partial charge in [0.25, 0.3) is 0 Å². The van der Waals surface area contributed by atoms with Gasteiger partial charge in [-0.2, -0.15) is 5.10 Å². The molecule has 0 aromatic carbocycles. The maximum absolute atomic E-state index is 4.58. The molecule has 0 amide bonds. The maximum atomic E-state index is 4.58. The van der Waals surface area contributed by atoms with Crippen LogP contribution in [0.15, 0.2) is 6.07 Å². The van der Waals surface area contributed by atoms with E-state index in [9.17, 15) is 0 Å². The molecule has 1 aliphatic carbocycles. The van der Waals surface area contributed by atoms with E-state index in [-0.39, 0.29) is 0 Å². The lowest BCUT2D eigenvalue weighted by atomic mass is 10.1. The highest BCUT2D eigenvalue weighted by Crippen LogP contribution is 2.39. The molecule has 112 valence electrons. The van der Waals surface area contributed by atoms with E-state index in [1.165, 1.54) is 24.4 Å². The number of likely N-dealkylation sites (tertiary alicyclic amines) is 1. The van der Waals surface area contributed by atoms with Gasteiger partial charge in [-0.15, -0.1) is 10.2 Å². The normalized spacial score (nSPS) is 20.0. The third-order valence-corrected chi connectivity index (χ3v) is 4.63. The Morgan fingerprint density at radius 3 is 2.57 bits per heavy atom. The summed E-state index contributed by atoms with van der Waals surface area (Å²) in [5, 5.41) is 13.3. The number of aryl methyl sites for hydroxylation is 2. The molecule has 2 aromatic heterocycles. The van der Waals surface area contributed by atoms with Gasteiger partial charge in [0.1, 0.15) is 11.6 Å². The Kier molecular flexibility index (Phi) is 2.89. The molecule has 4 rings (SSSR count). The van der Waals surface area contributed by atoms with E-state index < -0.39 is 0 Å². The van der Waals surface area contributed by atoms with E-state index in [1.54, 1.807) is 0 Å². The van der Waals surface area contributed by atoms with Crippen molar-refractivity contribution in [3.8, 4) is 0 Å². The Hall–Kier alpha value is -1.69. The van der Waals surface area contributed by atoms with E-state index in [0.29, 0.717) is 12.0 Å². The lowest BCUT2D eigenvalue weighted by Crippen LogP contribution is -2.48. The maximum Gasteiger partial charge on any atom is 0.146 e. The van der Waals surface area contributed by atoms with Crippen molar-refractivity contribution in [3.63, 3.8) is 0 Å². The first kappa shape index (κ1) is 13.0. The van der Waals surface area contributed by atoms with Gasteiger partial charge in [0.2, 0.25) is 0 Å². The Labute approximate surface area is 124 Å². The molecular weight excluding hydrogens is 264 g/mol. The largest absolute Gasteiger partial charge is 0.317 e. The molecule has 0 N–H and O–H groups in total. The first-order chi connectivity index (χ1) is 10.1. The van der Waals surface area contributed by atoms with Crippen molar-refractivity contribution in [1.29, 1.82) is 0 Å². The molecule has 6 nitrogen and oxygen atoms in total. The lowest BCUT2D eigenvalue weighted by Gasteiger charge is -2.39. The van der Waals surface area contributed by atoms with Crippen molar-refractivity contribution in [3.05, 3.63) is 29.1 Å². The summed E-state index contributed by atoms with van der Waals surface area (Å²) < 4.78 is 4.35. The van der Waals surface area contributed by atoms with E-state index in [0.717, 1.165) is 31.2 Å². The summed E-state index contributed by atoms with van der Waals surface area (Å²) >= 11 is 0. The van der Waals surface area contributed by atoms with Crippen LogP contribution in [0.2, 0.25) is 0 Å². The molecule has 3 heterocycles. The SMILES string of the molecule is Cc1cc(C)n(C2CN(Cc3nnc(C4CC4)n3C)C2)n1. The average molecular weight is 286 g/mol. The molecule has 0 unspecified atom stereocenters. The van der Waals surface area contributed by atoms with Crippen molar-refractivity contribution in [2.45, 2.75) is 45.2 Å². The van der Waals surface area contributed by atoms with E-state index in [4.69, 9.17) is 0 Å². The molecule has 1 saturated heterocycles. The third-order valence-electron chi connectivity index (χ3n) is 4.63. The number of aromatic nitrogens is 5. The molecular formula is C15H22N6. The van der Waals surface area contributed by atoms with Crippen LogP contribution in [0.5, 0.6) is 0 Å². The van der Waals surface area contributed by atoms with Gasteiger partial charge in [-0.05, 0) is 32.8 Å². The molecule has 6 heteroatoms. The smallest absolute Gasteiger partial charge is 0.146 e. The molecule has 1 aliphatic heterocycles. The Morgan fingerprint density at radius 1 is 1.19 bits per heavy atom. The van der Waals surface area contributed by atoms with Gasteiger partial charge in [-0.3, -0.25) is 9.58 Å². The minimum Gasteiger partial charge on any atom is -0.317 e. The van der Waals surface area contributed by atoms with Gasteiger partial charge in [-0.1, -0.05) is 0 Å².